The van der Waals surface area contributed by atoms with Crippen LogP contribution in [0, 0.1) is 11.3 Å². The number of aliphatic hydroxyl groups is 1. The van der Waals surface area contributed by atoms with Gasteiger partial charge in [-0.25, -0.2) is 13.8 Å². The molecule has 1 N–H and O–H groups in total. The van der Waals surface area contributed by atoms with Crippen molar-refractivity contribution < 1.29 is 13.9 Å². The largest absolute Gasteiger partial charge is 0.390 e. The second-order valence-electron chi connectivity index (χ2n) is 2.43. The van der Waals surface area contributed by atoms with Gasteiger partial charge in [0.25, 0.3) is 6.43 Å². The van der Waals surface area contributed by atoms with Crippen molar-refractivity contribution in [2.75, 3.05) is 0 Å². The summed E-state index contributed by atoms with van der Waals surface area (Å²) in [6.07, 6.45) is -2.83. The maximum Gasteiger partial charge on any atom is 0.281 e. The van der Waals surface area contributed by atoms with E-state index in [0.29, 0.717) is 0 Å². The standard InChI is InChI=1S/C8H5BrF2N2O/c9-6-1-4(3-14)13-7(8(10)11)5(6)2-12/h1,8,14H,3H2. The van der Waals surface area contributed by atoms with E-state index in [2.05, 4.69) is 20.9 Å². The van der Waals surface area contributed by atoms with Gasteiger partial charge in [-0.3, -0.25) is 0 Å². The van der Waals surface area contributed by atoms with Crippen molar-refractivity contribution in [3.05, 3.63) is 27.5 Å². The Balaban J connectivity index is 3.37. The van der Waals surface area contributed by atoms with Gasteiger partial charge < -0.3 is 5.11 Å². The first-order chi connectivity index (χ1) is 6.60. The highest BCUT2D eigenvalue weighted by Gasteiger charge is 2.18. The lowest BCUT2D eigenvalue weighted by atomic mass is 10.2. The number of nitriles is 1. The molecule has 0 spiro atoms. The molecular weight excluding hydrogens is 258 g/mol. The molecule has 0 atom stereocenters. The molecule has 1 aromatic rings. The SMILES string of the molecule is N#Cc1c(Br)cc(CO)nc1C(F)F. The van der Waals surface area contributed by atoms with Gasteiger partial charge in [-0.05, 0) is 22.0 Å². The molecule has 0 saturated carbocycles. The van der Waals surface area contributed by atoms with Gasteiger partial charge in [-0.15, -0.1) is 0 Å². The first-order valence-electron chi connectivity index (χ1n) is 3.58. The lowest BCUT2D eigenvalue weighted by Gasteiger charge is -2.05. The third-order valence-electron chi connectivity index (χ3n) is 1.53. The monoisotopic (exact) mass is 262 g/mol. The molecule has 0 aliphatic heterocycles. The van der Waals surface area contributed by atoms with Crippen LogP contribution in [0.4, 0.5) is 8.78 Å². The fraction of sp³-hybridized carbons (Fsp3) is 0.250. The van der Waals surface area contributed by atoms with E-state index in [1.807, 2.05) is 0 Å². The fourth-order valence-corrected chi connectivity index (χ4v) is 1.49. The summed E-state index contributed by atoms with van der Waals surface area (Å²) >= 11 is 2.96. The normalized spacial score (nSPS) is 10.3. The Hall–Kier alpha value is -1.06. The summed E-state index contributed by atoms with van der Waals surface area (Å²) in [6.45, 7) is -0.440. The molecule has 3 nitrogen and oxygen atoms in total. The summed E-state index contributed by atoms with van der Waals surface area (Å²) in [5.74, 6) is 0. The summed E-state index contributed by atoms with van der Waals surface area (Å²) in [7, 11) is 0. The molecule has 0 amide bonds. The molecule has 74 valence electrons. The van der Waals surface area contributed by atoms with Gasteiger partial charge in [0.2, 0.25) is 0 Å². The molecule has 0 bridgehead atoms. The molecule has 6 heteroatoms. The smallest absolute Gasteiger partial charge is 0.281 e. The first-order valence-corrected chi connectivity index (χ1v) is 4.38. The Kier molecular flexibility index (Phi) is 3.49. The van der Waals surface area contributed by atoms with Crippen molar-refractivity contribution in [2.24, 2.45) is 0 Å². The average Bonchev–Trinajstić information content (AvgIpc) is 2.16. The highest BCUT2D eigenvalue weighted by molar-refractivity contribution is 9.10. The van der Waals surface area contributed by atoms with Crippen LogP contribution in [0.15, 0.2) is 10.5 Å². The van der Waals surface area contributed by atoms with Crippen LogP contribution >= 0.6 is 15.9 Å². The van der Waals surface area contributed by atoms with E-state index in [0.717, 1.165) is 0 Å². The van der Waals surface area contributed by atoms with Gasteiger partial charge in [-0.1, -0.05) is 0 Å². The van der Waals surface area contributed by atoms with Crippen LogP contribution in [-0.2, 0) is 6.61 Å². The summed E-state index contributed by atoms with van der Waals surface area (Å²) in [5, 5.41) is 17.3. The van der Waals surface area contributed by atoms with Gasteiger partial charge in [0.05, 0.1) is 17.9 Å². The predicted molar refractivity (Wildman–Crippen MR) is 47.5 cm³/mol. The highest BCUT2D eigenvalue weighted by atomic mass is 79.9. The van der Waals surface area contributed by atoms with E-state index >= 15 is 0 Å². The second kappa shape index (κ2) is 4.44. The number of pyridine rings is 1. The van der Waals surface area contributed by atoms with E-state index in [-0.39, 0.29) is 15.7 Å². The average molecular weight is 263 g/mol. The molecule has 1 rings (SSSR count). The number of hydrogen-bond donors (Lipinski definition) is 1. The second-order valence-corrected chi connectivity index (χ2v) is 3.28. The van der Waals surface area contributed by atoms with E-state index in [9.17, 15) is 8.78 Å². The molecule has 0 fully saturated rings. The topological polar surface area (TPSA) is 56.9 Å². The molecule has 1 heterocycles. The summed E-state index contributed by atoms with van der Waals surface area (Å²) in [6, 6.07) is 2.96. The number of halogens is 3. The molecule has 1 aromatic heterocycles. The number of alkyl halides is 2. The Bertz CT molecular complexity index is 390. The molecule has 0 aliphatic rings. The maximum absolute atomic E-state index is 12.4. The molecular formula is C8H5BrF2N2O. The van der Waals surface area contributed by atoms with E-state index in [1.165, 1.54) is 6.07 Å². The van der Waals surface area contributed by atoms with Crippen LogP contribution in [0.3, 0.4) is 0 Å². The Morgan fingerprint density at radius 2 is 2.29 bits per heavy atom. The van der Waals surface area contributed by atoms with Crippen LogP contribution in [-0.4, -0.2) is 10.1 Å². The van der Waals surface area contributed by atoms with Crippen molar-refractivity contribution in [2.45, 2.75) is 13.0 Å². The number of rotatable bonds is 2. The quantitative estimate of drug-likeness (QED) is 0.889. The lowest BCUT2D eigenvalue weighted by molar-refractivity contribution is 0.144. The van der Waals surface area contributed by atoms with Crippen LogP contribution in [0.25, 0.3) is 0 Å². The van der Waals surface area contributed by atoms with Gasteiger partial charge >= 0.3 is 0 Å². The Labute approximate surface area is 87.1 Å². The number of hydrogen-bond acceptors (Lipinski definition) is 3. The minimum absolute atomic E-state index is 0.103. The summed E-state index contributed by atoms with van der Waals surface area (Å²) < 4.78 is 25.0. The summed E-state index contributed by atoms with van der Waals surface area (Å²) in [5.41, 5.74) is -0.700. The first kappa shape index (κ1) is 11.0. The fourth-order valence-electron chi connectivity index (χ4n) is 0.933. The Morgan fingerprint density at radius 1 is 1.64 bits per heavy atom. The van der Waals surface area contributed by atoms with E-state index in [1.54, 1.807) is 6.07 Å². The van der Waals surface area contributed by atoms with Crippen molar-refractivity contribution >= 4 is 15.9 Å². The Morgan fingerprint density at radius 3 is 2.71 bits per heavy atom. The van der Waals surface area contributed by atoms with Crippen molar-refractivity contribution in [1.29, 1.82) is 5.26 Å². The van der Waals surface area contributed by atoms with Crippen LogP contribution in [0.5, 0.6) is 0 Å². The van der Waals surface area contributed by atoms with Crippen LogP contribution in [0.2, 0.25) is 0 Å². The van der Waals surface area contributed by atoms with Crippen molar-refractivity contribution in [3.8, 4) is 6.07 Å². The van der Waals surface area contributed by atoms with E-state index < -0.39 is 18.7 Å². The summed E-state index contributed by atoms with van der Waals surface area (Å²) in [4.78, 5) is 3.47. The van der Waals surface area contributed by atoms with Gasteiger partial charge in [-0.2, -0.15) is 5.26 Å². The molecule has 0 radical (unpaired) electrons. The van der Waals surface area contributed by atoms with Gasteiger partial charge in [0.15, 0.2) is 0 Å². The maximum atomic E-state index is 12.4. The van der Waals surface area contributed by atoms with Crippen molar-refractivity contribution in [3.63, 3.8) is 0 Å². The number of aromatic nitrogens is 1. The molecule has 0 aliphatic carbocycles. The number of nitrogens with zero attached hydrogens (tertiary/aromatic N) is 2. The zero-order chi connectivity index (χ0) is 10.7. The van der Waals surface area contributed by atoms with Crippen molar-refractivity contribution in [1.82, 2.24) is 4.98 Å². The van der Waals surface area contributed by atoms with E-state index in [4.69, 9.17) is 10.4 Å². The number of aliphatic hydroxyl groups excluding tert-OH is 1. The van der Waals surface area contributed by atoms with Gasteiger partial charge in [0, 0.05) is 4.47 Å². The molecule has 14 heavy (non-hydrogen) atoms. The zero-order valence-electron chi connectivity index (χ0n) is 6.84. The third-order valence-corrected chi connectivity index (χ3v) is 2.16. The minimum atomic E-state index is -2.83. The third kappa shape index (κ3) is 2.05. The van der Waals surface area contributed by atoms with Crippen LogP contribution < -0.4 is 0 Å². The minimum Gasteiger partial charge on any atom is -0.390 e. The zero-order valence-corrected chi connectivity index (χ0v) is 8.42. The highest BCUT2D eigenvalue weighted by Crippen LogP contribution is 2.27. The van der Waals surface area contributed by atoms with Gasteiger partial charge in [0.1, 0.15) is 11.8 Å². The molecule has 0 aromatic carbocycles. The molecule has 0 unspecified atom stereocenters. The van der Waals surface area contributed by atoms with Crippen LogP contribution in [0.1, 0.15) is 23.4 Å². The predicted octanol–water partition coefficient (Wildman–Crippen LogP) is 2.15. The lowest BCUT2D eigenvalue weighted by Crippen LogP contribution is -2.01. The molecule has 0 saturated heterocycles.